The molecular formula is C12H19ClN2O. The standard InChI is InChI=1S/C12H19ClN2O/c1-2-3-8-16-9-4-6-15-12-5-7-14-10-11(12)13/h5,7,10H,2-4,6,8-9H2,1H3,(H,14,15). The number of nitrogens with zero attached hydrogens (tertiary/aromatic N) is 1. The van der Waals surface area contributed by atoms with Gasteiger partial charge in [0.05, 0.1) is 10.7 Å². The first-order valence-corrected chi connectivity index (χ1v) is 6.13. The summed E-state index contributed by atoms with van der Waals surface area (Å²) in [6.45, 7) is 4.70. The fourth-order valence-electron chi connectivity index (χ4n) is 1.26. The third-order valence-electron chi connectivity index (χ3n) is 2.20. The molecule has 0 aliphatic heterocycles. The van der Waals surface area contributed by atoms with Crippen molar-refractivity contribution in [3.63, 3.8) is 0 Å². The zero-order valence-corrected chi connectivity index (χ0v) is 10.5. The Morgan fingerprint density at radius 2 is 2.19 bits per heavy atom. The fourth-order valence-corrected chi connectivity index (χ4v) is 1.45. The first-order valence-electron chi connectivity index (χ1n) is 5.75. The number of hydrogen-bond acceptors (Lipinski definition) is 3. The van der Waals surface area contributed by atoms with Gasteiger partial charge in [0, 0.05) is 32.2 Å². The van der Waals surface area contributed by atoms with E-state index in [-0.39, 0.29) is 0 Å². The normalized spacial score (nSPS) is 10.4. The van der Waals surface area contributed by atoms with Gasteiger partial charge in [-0.25, -0.2) is 0 Å². The van der Waals surface area contributed by atoms with Gasteiger partial charge in [-0.2, -0.15) is 0 Å². The maximum Gasteiger partial charge on any atom is 0.0820 e. The van der Waals surface area contributed by atoms with Crippen LogP contribution in [0.5, 0.6) is 0 Å². The molecule has 0 saturated heterocycles. The molecule has 1 aromatic rings. The summed E-state index contributed by atoms with van der Waals surface area (Å²) < 4.78 is 5.46. The lowest BCUT2D eigenvalue weighted by molar-refractivity contribution is 0.131. The molecule has 4 heteroatoms. The zero-order valence-electron chi connectivity index (χ0n) is 9.71. The molecule has 0 amide bonds. The van der Waals surface area contributed by atoms with Crippen LogP contribution in [0.4, 0.5) is 5.69 Å². The summed E-state index contributed by atoms with van der Waals surface area (Å²) >= 11 is 5.95. The molecule has 1 aromatic heterocycles. The zero-order chi connectivity index (χ0) is 11.6. The highest BCUT2D eigenvalue weighted by Crippen LogP contribution is 2.18. The van der Waals surface area contributed by atoms with Crippen LogP contribution in [0, 0.1) is 0 Å². The van der Waals surface area contributed by atoms with Gasteiger partial charge in [-0.05, 0) is 18.9 Å². The van der Waals surface area contributed by atoms with Crippen LogP contribution in [0.25, 0.3) is 0 Å². The number of rotatable bonds is 8. The molecule has 0 radical (unpaired) electrons. The van der Waals surface area contributed by atoms with Crippen molar-refractivity contribution < 1.29 is 4.74 Å². The van der Waals surface area contributed by atoms with Crippen molar-refractivity contribution in [1.29, 1.82) is 0 Å². The third-order valence-corrected chi connectivity index (χ3v) is 2.50. The Morgan fingerprint density at radius 3 is 2.94 bits per heavy atom. The number of hydrogen-bond donors (Lipinski definition) is 1. The summed E-state index contributed by atoms with van der Waals surface area (Å²) in [6, 6.07) is 1.88. The Kier molecular flexibility index (Phi) is 6.93. The van der Waals surface area contributed by atoms with Crippen molar-refractivity contribution in [2.24, 2.45) is 0 Å². The second-order valence-corrected chi connectivity index (χ2v) is 4.01. The van der Waals surface area contributed by atoms with Crippen molar-refractivity contribution in [2.75, 3.05) is 25.1 Å². The minimum absolute atomic E-state index is 0.661. The highest BCUT2D eigenvalue weighted by molar-refractivity contribution is 6.33. The number of halogens is 1. The highest BCUT2D eigenvalue weighted by Gasteiger charge is 1.97. The quantitative estimate of drug-likeness (QED) is 0.710. The van der Waals surface area contributed by atoms with Gasteiger partial charge in [-0.3, -0.25) is 4.98 Å². The topological polar surface area (TPSA) is 34.1 Å². The second kappa shape index (κ2) is 8.36. The molecule has 0 aliphatic rings. The molecule has 1 N–H and O–H groups in total. The summed E-state index contributed by atoms with van der Waals surface area (Å²) in [7, 11) is 0. The Hall–Kier alpha value is -0.800. The van der Waals surface area contributed by atoms with Crippen LogP contribution in [0.2, 0.25) is 5.02 Å². The number of anilines is 1. The van der Waals surface area contributed by atoms with Crippen molar-refractivity contribution >= 4 is 17.3 Å². The van der Waals surface area contributed by atoms with E-state index < -0.39 is 0 Å². The molecule has 3 nitrogen and oxygen atoms in total. The van der Waals surface area contributed by atoms with Gasteiger partial charge in [0.25, 0.3) is 0 Å². The van der Waals surface area contributed by atoms with Crippen LogP contribution in [-0.4, -0.2) is 24.7 Å². The van der Waals surface area contributed by atoms with Crippen LogP contribution in [0.15, 0.2) is 18.5 Å². The van der Waals surface area contributed by atoms with E-state index in [1.54, 1.807) is 12.4 Å². The van der Waals surface area contributed by atoms with Gasteiger partial charge in [0.2, 0.25) is 0 Å². The maximum atomic E-state index is 5.95. The van der Waals surface area contributed by atoms with E-state index in [2.05, 4.69) is 17.2 Å². The largest absolute Gasteiger partial charge is 0.384 e. The molecule has 0 spiro atoms. The van der Waals surface area contributed by atoms with Gasteiger partial charge < -0.3 is 10.1 Å². The van der Waals surface area contributed by atoms with Gasteiger partial charge >= 0.3 is 0 Å². The van der Waals surface area contributed by atoms with Crippen LogP contribution < -0.4 is 5.32 Å². The number of nitrogens with one attached hydrogen (secondary N) is 1. The molecule has 0 unspecified atom stereocenters. The maximum absolute atomic E-state index is 5.95. The van der Waals surface area contributed by atoms with E-state index >= 15 is 0 Å². The Labute approximate surface area is 102 Å². The average Bonchev–Trinajstić information content (AvgIpc) is 2.30. The Balaban J connectivity index is 2.05. The predicted octanol–water partition coefficient (Wildman–Crippen LogP) is 3.35. The van der Waals surface area contributed by atoms with E-state index in [0.717, 1.165) is 38.3 Å². The van der Waals surface area contributed by atoms with Crippen molar-refractivity contribution in [3.05, 3.63) is 23.5 Å². The molecule has 0 aliphatic carbocycles. The smallest absolute Gasteiger partial charge is 0.0820 e. The number of unbranched alkanes of at least 4 members (excludes halogenated alkanes) is 1. The SMILES string of the molecule is CCCCOCCCNc1ccncc1Cl. The first-order chi connectivity index (χ1) is 7.84. The van der Waals surface area contributed by atoms with Crippen molar-refractivity contribution in [2.45, 2.75) is 26.2 Å². The van der Waals surface area contributed by atoms with Crippen molar-refractivity contribution in [3.8, 4) is 0 Å². The van der Waals surface area contributed by atoms with Gasteiger partial charge in [0.1, 0.15) is 0 Å². The summed E-state index contributed by atoms with van der Waals surface area (Å²) in [6.07, 6.45) is 6.68. The molecule has 1 heterocycles. The molecule has 0 saturated carbocycles. The Morgan fingerprint density at radius 1 is 1.38 bits per heavy atom. The monoisotopic (exact) mass is 242 g/mol. The van der Waals surface area contributed by atoms with E-state index in [9.17, 15) is 0 Å². The highest BCUT2D eigenvalue weighted by atomic mass is 35.5. The van der Waals surface area contributed by atoms with Gasteiger partial charge in [0.15, 0.2) is 0 Å². The van der Waals surface area contributed by atoms with E-state index in [4.69, 9.17) is 16.3 Å². The number of ether oxygens (including phenoxy) is 1. The molecule has 90 valence electrons. The molecule has 0 atom stereocenters. The predicted molar refractivity (Wildman–Crippen MR) is 68.1 cm³/mol. The minimum atomic E-state index is 0.661. The summed E-state index contributed by atoms with van der Waals surface area (Å²) in [4.78, 5) is 3.93. The summed E-state index contributed by atoms with van der Waals surface area (Å²) in [5.74, 6) is 0. The summed E-state index contributed by atoms with van der Waals surface area (Å²) in [5.41, 5.74) is 0.935. The van der Waals surface area contributed by atoms with Gasteiger partial charge in [-0.15, -0.1) is 0 Å². The summed E-state index contributed by atoms with van der Waals surface area (Å²) in [5, 5.41) is 3.91. The van der Waals surface area contributed by atoms with Crippen LogP contribution in [0.1, 0.15) is 26.2 Å². The number of pyridine rings is 1. The van der Waals surface area contributed by atoms with Crippen molar-refractivity contribution in [1.82, 2.24) is 4.98 Å². The second-order valence-electron chi connectivity index (χ2n) is 3.60. The third kappa shape index (κ3) is 5.33. The first kappa shape index (κ1) is 13.3. The molecule has 16 heavy (non-hydrogen) atoms. The van der Waals surface area contributed by atoms with Crippen LogP contribution in [0.3, 0.4) is 0 Å². The van der Waals surface area contributed by atoms with Crippen LogP contribution in [-0.2, 0) is 4.74 Å². The van der Waals surface area contributed by atoms with E-state index in [1.807, 2.05) is 6.07 Å². The van der Waals surface area contributed by atoms with E-state index in [1.165, 1.54) is 6.42 Å². The molecule has 0 fully saturated rings. The average molecular weight is 243 g/mol. The van der Waals surface area contributed by atoms with Crippen LogP contribution >= 0.6 is 11.6 Å². The molecule has 0 aromatic carbocycles. The lowest BCUT2D eigenvalue weighted by Crippen LogP contribution is -2.06. The van der Waals surface area contributed by atoms with E-state index in [0.29, 0.717) is 5.02 Å². The fraction of sp³-hybridized carbons (Fsp3) is 0.583. The molecule has 0 bridgehead atoms. The number of aromatic nitrogens is 1. The lowest BCUT2D eigenvalue weighted by atomic mass is 10.3. The minimum Gasteiger partial charge on any atom is -0.384 e. The van der Waals surface area contributed by atoms with Gasteiger partial charge in [-0.1, -0.05) is 24.9 Å². The molecule has 1 rings (SSSR count). The molecular weight excluding hydrogens is 224 g/mol. The Bertz CT molecular complexity index is 294. The lowest BCUT2D eigenvalue weighted by Gasteiger charge is -2.07.